The van der Waals surface area contributed by atoms with Gasteiger partial charge in [-0.25, -0.2) is 0 Å². The van der Waals surface area contributed by atoms with Gasteiger partial charge in [0.05, 0.1) is 0 Å². The van der Waals surface area contributed by atoms with Gasteiger partial charge in [0.1, 0.15) is 6.61 Å². The van der Waals surface area contributed by atoms with E-state index in [2.05, 4.69) is 31.7 Å². The lowest BCUT2D eigenvalue weighted by atomic mass is 9.84. The molecular formula is C26H41N3O3. The fourth-order valence-electron chi connectivity index (χ4n) is 5.97. The number of nitrogens with two attached hydrogens (primary N) is 1. The Balaban J connectivity index is 1.56. The molecule has 178 valence electrons. The number of nitrogens with zero attached hydrogens (tertiary/aromatic N) is 2. The lowest BCUT2D eigenvalue weighted by Gasteiger charge is -2.40. The van der Waals surface area contributed by atoms with Crippen LogP contribution in [-0.4, -0.2) is 65.0 Å². The minimum absolute atomic E-state index is 0.0659. The van der Waals surface area contributed by atoms with Crippen LogP contribution in [0.15, 0.2) is 24.3 Å². The number of rotatable bonds is 11. The number of carbonyl (C=O) groups is 2. The molecule has 6 nitrogen and oxygen atoms in total. The predicted octanol–water partition coefficient (Wildman–Crippen LogP) is 3.53. The van der Waals surface area contributed by atoms with Gasteiger partial charge in [0.25, 0.3) is 0 Å². The number of benzene rings is 1. The van der Waals surface area contributed by atoms with Gasteiger partial charge in [0.2, 0.25) is 11.8 Å². The van der Waals surface area contributed by atoms with Crippen molar-refractivity contribution in [1.29, 1.82) is 0 Å². The molecule has 2 amide bonds. The molecule has 0 radical (unpaired) electrons. The maximum Gasteiger partial charge on any atom is 0.248 e. The molecule has 2 aliphatic heterocycles. The van der Waals surface area contributed by atoms with Crippen LogP contribution in [0, 0.1) is 5.41 Å². The van der Waals surface area contributed by atoms with E-state index >= 15 is 0 Å². The monoisotopic (exact) mass is 443 g/mol. The SMILES string of the molecule is CCCC(C)(C)CN(CCCN1[C@@H]2CC[C@H]1CC(c1cccc(C(N)=O)c1)C2)C(=O)CO. The molecule has 0 spiro atoms. The van der Waals surface area contributed by atoms with Crippen LogP contribution in [-0.2, 0) is 4.79 Å². The van der Waals surface area contributed by atoms with Crippen molar-refractivity contribution in [2.24, 2.45) is 11.1 Å². The zero-order valence-corrected chi connectivity index (χ0v) is 20.1. The maximum absolute atomic E-state index is 12.3. The van der Waals surface area contributed by atoms with E-state index < -0.39 is 6.61 Å². The Morgan fingerprint density at radius 2 is 1.91 bits per heavy atom. The van der Waals surface area contributed by atoms with E-state index in [1.54, 1.807) is 6.07 Å². The van der Waals surface area contributed by atoms with Gasteiger partial charge in [-0.2, -0.15) is 0 Å². The molecule has 6 heteroatoms. The van der Waals surface area contributed by atoms with Gasteiger partial charge in [-0.3, -0.25) is 14.5 Å². The molecule has 1 aromatic rings. The van der Waals surface area contributed by atoms with E-state index in [-0.39, 0.29) is 17.2 Å². The van der Waals surface area contributed by atoms with E-state index in [0.29, 0.717) is 36.7 Å². The number of carbonyl (C=O) groups excluding carboxylic acids is 2. The average molecular weight is 444 g/mol. The number of hydrogen-bond donors (Lipinski definition) is 2. The third kappa shape index (κ3) is 6.10. The van der Waals surface area contributed by atoms with E-state index in [1.807, 2.05) is 17.0 Å². The van der Waals surface area contributed by atoms with Crippen LogP contribution in [0.5, 0.6) is 0 Å². The van der Waals surface area contributed by atoms with Gasteiger partial charge in [0, 0.05) is 37.3 Å². The Morgan fingerprint density at radius 3 is 2.50 bits per heavy atom. The summed E-state index contributed by atoms with van der Waals surface area (Å²) in [5.74, 6) is -0.0492. The van der Waals surface area contributed by atoms with Gasteiger partial charge in [-0.15, -0.1) is 0 Å². The summed E-state index contributed by atoms with van der Waals surface area (Å²) >= 11 is 0. The molecule has 2 bridgehead atoms. The third-order valence-corrected chi connectivity index (χ3v) is 7.40. The maximum atomic E-state index is 12.3. The van der Waals surface area contributed by atoms with Gasteiger partial charge in [0.15, 0.2) is 0 Å². The first-order valence-electron chi connectivity index (χ1n) is 12.3. The van der Waals surface area contributed by atoms with Crippen molar-refractivity contribution in [3.8, 4) is 0 Å². The lowest BCUT2D eigenvalue weighted by Crippen LogP contribution is -2.45. The molecule has 2 saturated heterocycles. The van der Waals surface area contributed by atoms with Crippen LogP contribution in [0.3, 0.4) is 0 Å². The summed E-state index contributed by atoms with van der Waals surface area (Å²) in [5, 5.41) is 9.43. The molecule has 0 aliphatic carbocycles. The first-order chi connectivity index (χ1) is 15.2. The quantitative estimate of drug-likeness (QED) is 0.548. The first-order valence-corrected chi connectivity index (χ1v) is 12.3. The van der Waals surface area contributed by atoms with Gasteiger partial charge in [-0.05, 0) is 67.6 Å². The summed E-state index contributed by atoms with van der Waals surface area (Å²) in [6.45, 7) is 8.55. The number of hydrogen-bond acceptors (Lipinski definition) is 4. The molecule has 32 heavy (non-hydrogen) atoms. The van der Waals surface area contributed by atoms with Gasteiger partial charge >= 0.3 is 0 Å². The smallest absolute Gasteiger partial charge is 0.248 e. The Bertz CT molecular complexity index is 780. The number of aliphatic hydroxyl groups is 1. The zero-order chi connectivity index (χ0) is 23.3. The van der Waals surface area contributed by atoms with Crippen molar-refractivity contribution in [3.05, 3.63) is 35.4 Å². The first kappa shape index (κ1) is 24.7. The Labute approximate surface area is 193 Å². The normalized spacial score (nSPS) is 23.3. The summed E-state index contributed by atoms with van der Waals surface area (Å²) in [6, 6.07) is 8.96. The van der Waals surface area contributed by atoms with Crippen LogP contribution in [0.2, 0.25) is 0 Å². The highest BCUT2D eigenvalue weighted by Gasteiger charge is 2.40. The second kappa shape index (κ2) is 10.8. The molecule has 1 aromatic carbocycles. The highest BCUT2D eigenvalue weighted by molar-refractivity contribution is 5.92. The summed E-state index contributed by atoms with van der Waals surface area (Å²) in [4.78, 5) is 28.4. The van der Waals surface area contributed by atoms with E-state index in [1.165, 1.54) is 18.4 Å². The van der Waals surface area contributed by atoms with Crippen molar-refractivity contribution < 1.29 is 14.7 Å². The van der Waals surface area contributed by atoms with Crippen LogP contribution in [0.1, 0.15) is 87.6 Å². The van der Waals surface area contributed by atoms with Crippen LogP contribution in [0.4, 0.5) is 0 Å². The molecule has 3 N–H and O–H groups in total. The number of primary amides is 1. The molecule has 2 aliphatic rings. The second-order valence-electron chi connectivity index (χ2n) is 10.5. The molecule has 2 fully saturated rings. The Morgan fingerprint density at radius 1 is 1.22 bits per heavy atom. The van der Waals surface area contributed by atoms with Gasteiger partial charge < -0.3 is 15.7 Å². The Hall–Kier alpha value is -1.92. The van der Waals surface area contributed by atoms with E-state index in [9.17, 15) is 14.7 Å². The molecule has 0 saturated carbocycles. The van der Waals surface area contributed by atoms with Crippen LogP contribution < -0.4 is 5.73 Å². The molecule has 2 heterocycles. The van der Waals surface area contributed by atoms with Crippen LogP contribution >= 0.6 is 0 Å². The predicted molar refractivity (Wildman–Crippen MR) is 127 cm³/mol. The van der Waals surface area contributed by atoms with Crippen LogP contribution in [0.25, 0.3) is 0 Å². The van der Waals surface area contributed by atoms with Crippen molar-refractivity contribution in [3.63, 3.8) is 0 Å². The largest absolute Gasteiger partial charge is 0.387 e. The fourth-order valence-corrected chi connectivity index (χ4v) is 5.97. The number of piperidine rings is 1. The second-order valence-corrected chi connectivity index (χ2v) is 10.5. The van der Waals surface area contributed by atoms with E-state index in [0.717, 1.165) is 38.6 Å². The average Bonchev–Trinajstić information content (AvgIpc) is 2.99. The minimum atomic E-state index is -0.413. The molecule has 3 rings (SSSR count). The summed E-state index contributed by atoms with van der Waals surface area (Å²) < 4.78 is 0. The molecule has 3 atom stereocenters. The lowest BCUT2D eigenvalue weighted by molar-refractivity contribution is -0.135. The zero-order valence-electron chi connectivity index (χ0n) is 20.1. The van der Waals surface area contributed by atoms with Crippen molar-refractivity contribution >= 4 is 11.8 Å². The number of fused-ring (bicyclic) bond motifs is 2. The summed E-state index contributed by atoms with van der Waals surface area (Å²) in [5.41, 5.74) is 7.37. The van der Waals surface area contributed by atoms with Crippen molar-refractivity contribution in [2.45, 2.75) is 83.7 Å². The van der Waals surface area contributed by atoms with Crippen molar-refractivity contribution in [1.82, 2.24) is 9.80 Å². The minimum Gasteiger partial charge on any atom is -0.387 e. The number of amides is 2. The topological polar surface area (TPSA) is 86.9 Å². The standard InChI is InChI=1S/C26H41N3O3/c1-4-11-26(2,3)18-28(24(31)17-30)12-6-13-29-22-9-10-23(29)16-21(15-22)19-7-5-8-20(14-19)25(27)32/h5,7-8,14,21-23,30H,4,6,9-13,15-18H2,1-3H3,(H2,27,32)/t21?,22-,23+. The Kier molecular flexibility index (Phi) is 8.34. The van der Waals surface area contributed by atoms with E-state index in [4.69, 9.17) is 5.73 Å². The third-order valence-electron chi connectivity index (χ3n) is 7.40. The molecule has 0 aromatic heterocycles. The summed E-state index contributed by atoms with van der Waals surface area (Å²) in [6.07, 6.45) is 7.76. The highest BCUT2D eigenvalue weighted by atomic mass is 16.3. The number of aliphatic hydroxyl groups excluding tert-OH is 1. The highest BCUT2D eigenvalue weighted by Crippen LogP contribution is 2.43. The fraction of sp³-hybridized carbons (Fsp3) is 0.692. The van der Waals surface area contributed by atoms with Gasteiger partial charge in [-0.1, -0.05) is 39.3 Å². The molecular weight excluding hydrogens is 402 g/mol. The molecule has 1 unspecified atom stereocenters. The summed E-state index contributed by atoms with van der Waals surface area (Å²) in [7, 11) is 0. The van der Waals surface area contributed by atoms with Crippen molar-refractivity contribution in [2.75, 3.05) is 26.2 Å².